The highest BCUT2D eigenvalue weighted by atomic mass is 32.1. The summed E-state index contributed by atoms with van der Waals surface area (Å²) in [6.07, 6.45) is 3.64. The fourth-order valence-corrected chi connectivity index (χ4v) is 5.11. The Kier molecular flexibility index (Phi) is 4.70. The Morgan fingerprint density at radius 2 is 2.12 bits per heavy atom. The van der Waals surface area contributed by atoms with E-state index in [2.05, 4.69) is 24.1 Å². The van der Waals surface area contributed by atoms with Gasteiger partial charge in [-0.05, 0) is 37.7 Å². The summed E-state index contributed by atoms with van der Waals surface area (Å²) in [6, 6.07) is 0. The molecule has 24 heavy (non-hydrogen) atoms. The number of rotatable bonds is 4. The molecule has 1 N–H and O–H groups in total. The van der Waals surface area contributed by atoms with E-state index < -0.39 is 0 Å². The molecular formula is C18H26N4OS. The highest BCUT2D eigenvalue weighted by Crippen LogP contribution is 2.40. The van der Waals surface area contributed by atoms with Crippen molar-refractivity contribution >= 4 is 27.4 Å². The maximum Gasteiger partial charge on any atom is 0.146 e. The fourth-order valence-electron chi connectivity index (χ4n) is 3.71. The molecular weight excluding hydrogens is 320 g/mol. The van der Waals surface area contributed by atoms with Gasteiger partial charge in [0.05, 0.1) is 25.1 Å². The summed E-state index contributed by atoms with van der Waals surface area (Å²) in [5.74, 6) is 2.76. The first-order chi connectivity index (χ1) is 11.7. The third-order valence-corrected chi connectivity index (χ3v) is 6.16. The molecule has 1 fully saturated rings. The first kappa shape index (κ1) is 16.2. The number of thiophene rings is 1. The van der Waals surface area contributed by atoms with E-state index in [4.69, 9.17) is 14.7 Å². The summed E-state index contributed by atoms with van der Waals surface area (Å²) in [4.78, 5) is 14.9. The number of anilines is 1. The van der Waals surface area contributed by atoms with Crippen molar-refractivity contribution in [2.24, 2.45) is 5.92 Å². The summed E-state index contributed by atoms with van der Waals surface area (Å²) in [7, 11) is 0. The Morgan fingerprint density at radius 1 is 1.29 bits per heavy atom. The van der Waals surface area contributed by atoms with Crippen LogP contribution in [0.5, 0.6) is 0 Å². The van der Waals surface area contributed by atoms with Crippen LogP contribution in [0.4, 0.5) is 5.82 Å². The summed E-state index contributed by atoms with van der Waals surface area (Å²) >= 11 is 1.89. The molecule has 0 bridgehead atoms. The fraction of sp³-hybridized carbons (Fsp3) is 0.667. The van der Waals surface area contributed by atoms with E-state index in [1.54, 1.807) is 0 Å². The third-order valence-electron chi connectivity index (χ3n) is 5.01. The van der Waals surface area contributed by atoms with Crippen LogP contribution in [0.1, 0.15) is 36.5 Å². The lowest BCUT2D eigenvalue weighted by molar-refractivity contribution is 0.0331. The molecule has 0 amide bonds. The van der Waals surface area contributed by atoms with E-state index in [1.807, 2.05) is 11.3 Å². The lowest BCUT2D eigenvalue weighted by Crippen LogP contribution is -2.36. The molecule has 0 radical (unpaired) electrons. The van der Waals surface area contributed by atoms with Crippen molar-refractivity contribution in [1.29, 1.82) is 0 Å². The standard InChI is InChI=1S/C18H26N4OS/c1-3-19-17-16-13-5-4-12(2)10-14(13)24-18(16)21-15(20-17)11-22-6-8-23-9-7-22/h12H,3-11H2,1-2H3,(H,19,20,21)/t12-/m0/s1. The first-order valence-corrected chi connectivity index (χ1v) is 9.91. The van der Waals surface area contributed by atoms with Gasteiger partial charge in [0.25, 0.3) is 0 Å². The van der Waals surface area contributed by atoms with Crippen LogP contribution in [0.25, 0.3) is 10.2 Å². The van der Waals surface area contributed by atoms with E-state index in [0.29, 0.717) is 0 Å². The van der Waals surface area contributed by atoms with Crippen LogP contribution in [0.2, 0.25) is 0 Å². The number of aromatic nitrogens is 2. The van der Waals surface area contributed by atoms with Gasteiger partial charge in [0.2, 0.25) is 0 Å². The Balaban J connectivity index is 1.71. The van der Waals surface area contributed by atoms with Crippen LogP contribution < -0.4 is 5.32 Å². The van der Waals surface area contributed by atoms with Gasteiger partial charge in [0.15, 0.2) is 0 Å². The minimum absolute atomic E-state index is 0.786. The van der Waals surface area contributed by atoms with Crippen LogP contribution in [0.15, 0.2) is 0 Å². The van der Waals surface area contributed by atoms with Gasteiger partial charge >= 0.3 is 0 Å². The molecule has 1 aliphatic heterocycles. The molecule has 0 spiro atoms. The number of hydrogen-bond donors (Lipinski definition) is 1. The van der Waals surface area contributed by atoms with Gasteiger partial charge in [-0.1, -0.05) is 6.92 Å². The van der Waals surface area contributed by atoms with Gasteiger partial charge in [-0.3, -0.25) is 4.90 Å². The zero-order chi connectivity index (χ0) is 16.5. The van der Waals surface area contributed by atoms with E-state index in [-0.39, 0.29) is 0 Å². The highest BCUT2D eigenvalue weighted by Gasteiger charge is 2.24. The lowest BCUT2D eigenvalue weighted by Gasteiger charge is -2.25. The topological polar surface area (TPSA) is 50.3 Å². The number of nitrogens with zero attached hydrogens (tertiary/aromatic N) is 3. The number of aryl methyl sites for hydroxylation is 1. The van der Waals surface area contributed by atoms with Crippen LogP contribution in [0.3, 0.4) is 0 Å². The van der Waals surface area contributed by atoms with Crippen molar-refractivity contribution in [1.82, 2.24) is 14.9 Å². The number of hydrogen-bond acceptors (Lipinski definition) is 6. The molecule has 6 heteroatoms. The Hall–Kier alpha value is -1.24. The monoisotopic (exact) mass is 346 g/mol. The lowest BCUT2D eigenvalue weighted by atomic mass is 9.89. The molecule has 2 aliphatic rings. The minimum Gasteiger partial charge on any atom is -0.379 e. The van der Waals surface area contributed by atoms with Crippen LogP contribution in [-0.4, -0.2) is 47.7 Å². The van der Waals surface area contributed by atoms with Gasteiger partial charge < -0.3 is 10.1 Å². The molecule has 0 unspecified atom stereocenters. The van der Waals surface area contributed by atoms with E-state index in [1.165, 1.54) is 39.9 Å². The molecule has 5 nitrogen and oxygen atoms in total. The summed E-state index contributed by atoms with van der Waals surface area (Å²) in [5, 5.41) is 4.77. The second-order valence-electron chi connectivity index (χ2n) is 6.94. The van der Waals surface area contributed by atoms with Gasteiger partial charge in [0.1, 0.15) is 16.5 Å². The number of ether oxygens (including phenoxy) is 1. The molecule has 4 rings (SSSR count). The first-order valence-electron chi connectivity index (χ1n) is 9.09. The average molecular weight is 347 g/mol. The van der Waals surface area contributed by atoms with Gasteiger partial charge in [-0.25, -0.2) is 9.97 Å². The number of fused-ring (bicyclic) bond motifs is 3. The summed E-state index contributed by atoms with van der Waals surface area (Å²) in [5.41, 5.74) is 1.50. The average Bonchev–Trinajstić information content (AvgIpc) is 2.93. The Bertz CT molecular complexity index is 723. The zero-order valence-electron chi connectivity index (χ0n) is 14.6. The van der Waals surface area contributed by atoms with Crippen LogP contribution >= 0.6 is 11.3 Å². The molecule has 0 aromatic carbocycles. The van der Waals surface area contributed by atoms with Gasteiger partial charge in [0, 0.05) is 24.5 Å². The molecule has 3 heterocycles. The largest absolute Gasteiger partial charge is 0.379 e. The quantitative estimate of drug-likeness (QED) is 0.922. The van der Waals surface area contributed by atoms with Gasteiger partial charge in [-0.2, -0.15) is 0 Å². The zero-order valence-corrected chi connectivity index (χ0v) is 15.4. The minimum atomic E-state index is 0.786. The Morgan fingerprint density at radius 3 is 2.92 bits per heavy atom. The van der Waals surface area contributed by atoms with Crippen molar-refractivity contribution in [3.63, 3.8) is 0 Å². The molecule has 1 aliphatic carbocycles. The summed E-state index contributed by atoms with van der Waals surface area (Å²) in [6.45, 7) is 9.76. The third kappa shape index (κ3) is 3.15. The molecule has 0 saturated carbocycles. The highest BCUT2D eigenvalue weighted by molar-refractivity contribution is 7.19. The van der Waals surface area contributed by atoms with Gasteiger partial charge in [-0.15, -0.1) is 11.3 Å². The maximum atomic E-state index is 5.44. The smallest absolute Gasteiger partial charge is 0.146 e. The Labute approximate surface area is 147 Å². The van der Waals surface area contributed by atoms with Crippen LogP contribution in [-0.2, 0) is 24.1 Å². The number of morpholine rings is 1. The van der Waals surface area contributed by atoms with Crippen LogP contribution in [0, 0.1) is 5.92 Å². The SMILES string of the molecule is CCNc1nc(CN2CCOCC2)nc2sc3c(c12)CC[C@H](C)C3. The van der Waals surface area contributed by atoms with Crippen molar-refractivity contribution in [3.8, 4) is 0 Å². The molecule has 2 aromatic heterocycles. The van der Waals surface area contributed by atoms with E-state index in [0.717, 1.165) is 57.0 Å². The predicted octanol–water partition coefficient (Wildman–Crippen LogP) is 3.08. The molecule has 1 saturated heterocycles. The molecule has 2 aromatic rings. The second-order valence-corrected chi connectivity index (χ2v) is 8.02. The van der Waals surface area contributed by atoms with E-state index >= 15 is 0 Å². The molecule has 130 valence electrons. The second kappa shape index (κ2) is 6.94. The normalized spacial score (nSPS) is 21.8. The van der Waals surface area contributed by atoms with Crippen molar-refractivity contribution in [3.05, 3.63) is 16.3 Å². The van der Waals surface area contributed by atoms with Crippen molar-refractivity contribution in [2.75, 3.05) is 38.2 Å². The summed E-state index contributed by atoms with van der Waals surface area (Å²) < 4.78 is 5.44. The maximum absolute atomic E-state index is 5.44. The van der Waals surface area contributed by atoms with E-state index in [9.17, 15) is 0 Å². The molecule has 1 atom stereocenters. The number of nitrogens with one attached hydrogen (secondary N) is 1. The van der Waals surface area contributed by atoms with Crippen molar-refractivity contribution < 1.29 is 4.74 Å². The predicted molar refractivity (Wildman–Crippen MR) is 98.9 cm³/mol. The van der Waals surface area contributed by atoms with Crippen molar-refractivity contribution in [2.45, 2.75) is 39.7 Å².